The van der Waals surface area contributed by atoms with Gasteiger partial charge in [0.25, 0.3) is 0 Å². The van der Waals surface area contributed by atoms with E-state index in [9.17, 15) is 5.48 Å². The van der Waals surface area contributed by atoms with Crippen LogP contribution < -0.4 is 14.5 Å². The minimum Gasteiger partial charge on any atom is -0.509 e. The van der Waals surface area contributed by atoms with Crippen molar-refractivity contribution < 1.29 is 31.3 Å². The zero-order valence-corrected chi connectivity index (χ0v) is 38.3. The molecule has 1 fully saturated rings. The van der Waals surface area contributed by atoms with Crippen LogP contribution >= 0.6 is 0 Å². The minimum atomic E-state index is -1.88. The van der Waals surface area contributed by atoms with Crippen LogP contribution in [0.4, 0.5) is 22.7 Å². The molecule has 1 aliphatic carbocycles. The van der Waals surface area contributed by atoms with Gasteiger partial charge >= 0.3 is 0 Å². The maximum atomic E-state index is 9.49. The van der Waals surface area contributed by atoms with Gasteiger partial charge < -0.3 is 19.1 Å². The fourth-order valence-corrected chi connectivity index (χ4v) is 9.16. The predicted molar refractivity (Wildman–Crippen MR) is 252 cm³/mol. The Morgan fingerprint density at radius 2 is 1.27 bits per heavy atom. The first-order valence-corrected chi connectivity index (χ1v) is 21.3. The van der Waals surface area contributed by atoms with E-state index in [2.05, 4.69) is 119 Å². The zero-order valence-electron chi connectivity index (χ0n) is 40.1. The van der Waals surface area contributed by atoms with Crippen LogP contribution in [0.2, 0.25) is 0 Å². The van der Waals surface area contributed by atoms with Crippen LogP contribution in [0.25, 0.3) is 27.6 Å². The van der Waals surface area contributed by atoms with Crippen LogP contribution in [-0.4, -0.2) is 9.55 Å². The Bertz CT molecular complexity index is 3050. The average Bonchev–Trinajstić information content (AvgIpc) is 3.82. The maximum absolute atomic E-state index is 9.49. The molecule has 0 spiro atoms. The summed E-state index contributed by atoms with van der Waals surface area (Å²) in [6.07, 6.45) is -1.14. The molecule has 0 amide bonds. The van der Waals surface area contributed by atoms with Gasteiger partial charge in [-0.2, -0.15) is 12.1 Å². The van der Waals surface area contributed by atoms with Gasteiger partial charge in [-0.15, -0.1) is 48.1 Å². The van der Waals surface area contributed by atoms with Gasteiger partial charge in [-0.05, 0) is 81.5 Å². The molecule has 5 nitrogen and oxygen atoms in total. The van der Waals surface area contributed by atoms with Crippen LogP contribution in [-0.2, 0) is 37.3 Å². The second-order valence-electron chi connectivity index (χ2n) is 18.2. The maximum Gasteiger partial charge on any atom is 0.135 e. The molecule has 2 aromatic heterocycles. The summed E-state index contributed by atoms with van der Waals surface area (Å²) in [5.41, 5.74) is 7.71. The number of ether oxygens (including phenoxy) is 1. The van der Waals surface area contributed by atoms with Gasteiger partial charge in [0.05, 0.1) is 0 Å². The summed E-state index contributed by atoms with van der Waals surface area (Å²) in [6, 6.07) is 53.3. The van der Waals surface area contributed by atoms with E-state index in [0.717, 1.165) is 38.9 Å². The Hall–Kier alpha value is -5.64. The van der Waals surface area contributed by atoms with E-state index >= 15 is 0 Å². The number of pyridine rings is 1. The van der Waals surface area contributed by atoms with E-state index in [1.807, 2.05) is 89.5 Å². The number of nitrogens with zero attached hydrogens (tertiary/aromatic N) is 4. The van der Waals surface area contributed by atoms with Crippen molar-refractivity contribution in [3.63, 3.8) is 0 Å². The second kappa shape index (κ2) is 16.2. The van der Waals surface area contributed by atoms with Crippen molar-refractivity contribution in [1.29, 1.82) is 0 Å². The summed E-state index contributed by atoms with van der Waals surface area (Å²) in [5.74, 6) is 1.56. The Balaban J connectivity index is 0.00000548. The molecule has 316 valence electrons. The van der Waals surface area contributed by atoms with E-state index in [4.69, 9.17) is 9.72 Å². The van der Waals surface area contributed by atoms with Crippen molar-refractivity contribution in [2.75, 3.05) is 9.80 Å². The first-order valence-electron chi connectivity index (χ1n) is 23.3. The van der Waals surface area contributed by atoms with Gasteiger partial charge in [0.2, 0.25) is 0 Å². The normalized spacial score (nSPS) is 17.7. The molecule has 10 rings (SSSR count). The van der Waals surface area contributed by atoms with Gasteiger partial charge in [0, 0.05) is 72.2 Å². The molecule has 2 aliphatic rings. The summed E-state index contributed by atoms with van der Waals surface area (Å²) < 4.78 is 46.6. The van der Waals surface area contributed by atoms with Crippen molar-refractivity contribution in [3.8, 4) is 17.3 Å². The van der Waals surface area contributed by atoms with Gasteiger partial charge in [0.15, 0.2) is 0 Å². The average molecular weight is 997 g/mol. The van der Waals surface area contributed by atoms with E-state index in [0.29, 0.717) is 34.9 Å². The molecule has 6 heteroatoms. The van der Waals surface area contributed by atoms with E-state index in [1.54, 1.807) is 12.3 Å². The van der Waals surface area contributed by atoms with E-state index in [-0.39, 0.29) is 44.7 Å². The topological polar surface area (TPSA) is 33.5 Å². The molecule has 0 N–H and O–H groups in total. The van der Waals surface area contributed by atoms with Gasteiger partial charge in [-0.1, -0.05) is 145 Å². The Labute approximate surface area is 387 Å². The van der Waals surface area contributed by atoms with Crippen LogP contribution in [0.5, 0.6) is 11.5 Å². The first-order chi connectivity index (χ1) is 31.0. The third-order valence-corrected chi connectivity index (χ3v) is 12.1. The Morgan fingerprint density at radius 1 is 0.629 bits per heavy atom. The van der Waals surface area contributed by atoms with E-state index in [1.165, 1.54) is 16.8 Å². The van der Waals surface area contributed by atoms with Crippen molar-refractivity contribution in [2.24, 2.45) is 0 Å². The van der Waals surface area contributed by atoms with Gasteiger partial charge in [0.1, 0.15) is 5.82 Å². The molecule has 0 atom stereocenters. The Kier molecular flexibility index (Phi) is 9.68. The smallest absolute Gasteiger partial charge is 0.135 e. The molecular weight excluding hydrogens is 940 g/mol. The minimum absolute atomic E-state index is 0. The molecule has 6 aromatic carbocycles. The van der Waals surface area contributed by atoms with Crippen LogP contribution in [0.15, 0.2) is 146 Å². The quantitative estimate of drug-likeness (QED) is 0.149. The van der Waals surface area contributed by atoms with Gasteiger partial charge in [-0.25, -0.2) is 4.98 Å². The number of para-hydroxylation sites is 4. The SMILES string of the molecule is [2H]C1([2H])CCCC([2H])([2H])C1(c1ccccc1)c1ccnc(-n2c3[c-]c(Oc4[c-]c(N5[CH-]N(c6c(C(C)(C)C)cccc6C(C)(C)C)c6ccccc65)ccc4)ccc3c3ccccc32)c1.[Pt]. The molecule has 1 aliphatic heterocycles. The molecule has 0 unspecified atom stereocenters. The van der Waals surface area contributed by atoms with Crippen LogP contribution in [0.3, 0.4) is 0 Å². The number of benzene rings is 6. The number of rotatable bonds is 7. The molecular formula is C56H53N4OPt-3. The molecule has 3 heterocycles. The zero-order chi connectivity index (χ0) is 45.5. The second-order valence-corrected chi connectivity index (χ2v) is 18.2. The molecule has 0 radical (unpaired) electrons. The molecule has 62 heavy (non-hydrogen) atoms. The third-order valence-electron chi connectivity index (χ3n) is 12.1. The number of hydrogen-bond acceptors (Lipinski definition) is 4. The summed E-state index contributed by atoms with van der Waals surface area (Å²) >= 11 is 0. The van der Waals surface area contributed by atoms with Crippen molar-refractivity contribution in [3.05, 3.63) is 187 Å². The fourth-order valence-electron chi connectivity index (χ4n) is 9.16. The number of aromatic nitrogens is 2. The first kappa shape index (κ1) is 37.0. The summed E-state index contributed by atoms with van der Waals surface area (Å²) in [6.45, 7) is 15.8. The predicted octanol–water partition coefficient (Wildman–Crippen LogP) is 14.8. The number of hydrogen-bond donors (Lipinski definition) is 0. The third kappa shape index (κ3) is 7.32. The summed E-state index contributed by atoms with van der Waals surface area (Å²) in [5, 5.41) is 1.95. The van der Waals surface area contributed by atoms with Gasteiger partial charge in [-0.3, -0.25) is 0 Å². The van der Waals surface area contributed by atoms with Crippen molar-refractivity contribution in [1.82, 2.24) is 9.55 Å². The van der Waals surface area contributed by atoms with E-state index < -0.39 is 18.2 Å². The van der Waals surface area contributed by atoms with Crippen molar-refractivity contribution >= 4 is 44.6 Å². The molecule has 8 aromatic rings. The van der Waals surface area contributed by atoms with Crippen LogP contribution in [0, 0.1) is 18.8 Å². The standard InChI is InChI=1S/C56H53N4O.Pt/c1-54(2,3)46-24-18-25-47(55(4,5)6)53(46)59-38-58(49-27-13-14-28-50(49)59)41-21-17-22-42(36-41)61-43-29-30-45-44-23-11-12-26-48(44)60(51(45)37-43)52-35-40(31-34-57-52)56(32-15-8-16-33-56)39-19-9-7-10-20-39;/h7,9-14,17-31,34-35,38H,8,15-16,32-33H2,1-6H3;/q-3;/i32D2,33D2;. The monoisotopic (exact) mass is 996 g/mol. The Morgan fingerprint density at radius 3 is 2.00 bits per heavy atom. The summed E-state index contributed by atoms with van der Waals surface area (Å²) in [7, 11) is 0. The molecule has 0 bridgehead atoms. The summed E-state index contributed by atoms with van der Waals surface area (Å²) in [4.78, 5) is 9.40. The largest absolute Gasteiger partial charge is 0.509 e. The fraction of sp³-hybridized carbons (Fsp3) is 0.250. The number of fused-ring (bicyclic) bond motifs is 4. The number of anilines is 4. The molecule has 1 saturated carbocycles. The van der Waals surface area contributed by atoms with Crippen LogP contribution in [0.1, 0.15) is 101 Å². The molecule has 0 saturated heterocycles. The van der Waals surface area contributed by atoms with Crippen molar-refractivity contribution in [2.45, 2.75) is 89.8 Å².